The Bertz CT molecular complexity index is 791. The monoisotopic (exact) mass is 354 g/mol. The fraction of sp³-hybridized carbons (Fsp3) is 0.214. The molecule has 1 heterocycles. The Morgan fingerprint density at radius 2 is 2.09 bits per heavy atom. The van der Waals surface area contributed by atoms with Crippen molar-refractivity contribution in [2.24, 2.45) is 0 Å². The van der Waals surface area contributed by atoms with Crippen LogP contribution in [-0.2, 0) is 0 Å². The molecule has 1 saturated carbocycles. The van der Waals surface area contributed by atoms with Crippen LogP contribution < -0.4 is 16.4 Å². The van der Waals surface area contributed by atoms with Gasteiger partial charge in [0.2, 0.25) is 0 Å². The number of hydrogen-bond donors (Lipinski definition) is 3. The molecule has 0 aliphatic heterocycles. The maximum absolute atomic E-state index is 13.9. The largest absolute Gasteiger partial charge is 0.375 e. The lowest BCUT2D eigenvalue weighted by Gasteiger charge is -2.10. The second kappa shape index (κ2) is 6.13. The zero-order valence-electron chi connectivity index (χ0n) is 11.7. The number of carbonyl (C=O) groups is 2. The molecule has 1 aliphatic rings. The van der Waals surface area contributed by atoms with Crippen LogP contribution in [-0.4, -0.2) is 22.8 Å². The number of benzene rings is 1. The quantitative estimate of drug-likeness (QED) is 0.786. The van der Waals surface area contributed by atoms with Crippen molar-refractivity contribution >= 4 is 45.6 Å². The summed E-state index contributed by atoms with van der Waals surface area (Å²) in [7, 11) is 0. The minimum atomic E-state index is -0.742. The highest BCUT2D eigenvalue weighted by Crippen LogP contribution is 2.28. The molecule has 1 aromatic carbocycles. The number of thiazole rings is 1. The van der Waals surface area contributed by atoms with Crippen LogP contribution in [0.3, 0.4) is 0 Å². The van der Waals surface area contributed by atoms with Crippen molar-refractivity contribution in [1.29, 1.82) is 0 Å². The molecule has 0 radical (unpaired) electrons. The predicted octanol–water partition coefficient (Wildman–Crippen LogP) is 2.66. The Kier molecular flexibility index (Phi) is 4.18. The van der Waals surface area contributed by atoms with E-state index in [-0.39, 0.29) is 32.3 Å². The summed E-state index contributed by atoms with van der Waals surface area (Å²) >= 11 is 6.95. The molecule has 1 fully saturated rings. The second-order valence-electron chi connectivity index (χ2n) is 5.08. The lowest BCUT2D eigenvalue weighted by atomic mass is 10.1. The normalized spacial score (nSPS) is 13.7. The molecule has 6 nitrogen and oxygen atoms in total. The first-order chi connectivity index (χ1) is 10.9. The van der Waals surface area contributed by atoms with E-state index < -0.39 is 17.6 Å². The number of nitrogen functional groups attached to an aromatic ring is 1. The third-order valence-corrected chi connectivity index (χ3v) is 4.35. The van der Waals surface area contributed by atoms with E-state index in [0.717, 1.165) is 30.2 Å². The molecule has 2 amide bonds. The molecule has 4 N–H and O–H groups in total. The summed E-state index contributed by atoms with van der Waals surface area (Å²) in [6.07, 6.45) is 3.10. The highest BCUT2D eigenvalue weighted by molar-refractivity contribution is 7.17. The summed E-state index contributed by atoms with van der Waals surface area (Å²) in [5.74, 6) is -1.76. The van der Waals surface area contributed by atoms with Crippen molar-refractivity contribution in [2.75, 3.05) is 11.1 Å². The van der Waals surface area contributed by atoms with Crippen LogP contribution in [0.25, 0.3) is 0 Å². The van der Waals surface area contributed by atoms with Gasteiger partial charge in [0, 0.05) is 6.04 Å². The third-order valence-electron chi connectivity index (χ3n) is 3.21. The molecule has 1 aliphatic carbocycles. The van der Waals surface area contributed by atoms with E-state index in [4.69, 9.17) is 17.3 Å². The number of rotatable bonds is 4. The van der Waals surface area contributed by atoms with E-state index in [1.165, 1.54) is 12.3 Å². The molecular weight excluding hydrogens is 343 g/mol. The van der Waals surface area contributed by atoms with Gasteiger partial charge in [-0.15, -0.1) is 0 Å². The van der Waals surface area contributed by atoms with E-state index in [1.54, 1.807) is 0 Å². The molecule has 23 heavy (non-hydrogen) atoms. The summed E-state index contributed by atoms with van der Waals surface area (Å²) in [6.45, 7) is 0. The number of hydrogen-bond acceptors (Lipinski definition) is 5. The highest BCUT2D eigenvalue weighted by atomic mass is 35.5. The molecule has 3 rings (SSSR count). The number of nitrogens with zero attached hydrogens (tertiary/aromatic N) is 1. The predicted molar refractivity (Wildman–Crippen MR) is 86.4 cm³/mol. The Labute approximate surface area is 139 Å². The van der Waals surface area contributed by atoms with Gasteiger partial charge in [-0.3, -0.25) is 9.59 Å². The Morgan fingerprint density at radius 3 is 2.70 bits per heavy atom. The first-order valence-electron chi connectivity index (χ1n) is 6.76. The zero-order valence-corrected chi connectivity index (χ0v) is 13.3. The Hall–Kier alpha value is -2.19. The van der Waals surface area contributed by atoms with Gasteiger partial charge in [0.1, 0.15) is 10.7 Å². The highest BCUT2D eigenvalue weighted by Gasteiger charge is 2.26. The maximum atomic E-state index is 13.9. The molecule has 9 heteroatoms. The van der Waals surface area contributed by atoms with Crippen molar-refractivity contribution in [1.82, 2.24) is 10.3 Å². The number of anilines is 2. The van der Waals surface area contributed by atoms with Crippen LogP contribution in [0.5, 0.6) is 0 Å². The minimum Gasteiger partial charge on any atom is -0.375 e. The average molecular weight is 355 g/mol. The van der Waals surface area contributed by atoms with Gasteiger partial charge >= 0.3 is 0 Å². The first kappa shape index (κ1) is 15.7. The van der Waals surface area contributed by atoms with E-state index in [1.807, 2.05) is 0 Å². The molecule has 0 saturated heterocycles. The van der Waals surface area contributed by atoms with Crippen molar-refractivity contribution in [2.45, 2.75) is 18.9 Å². The van der Waals surface area contributed by atoms with E-state index in [0.29, 0.717) is 0 Å². The molecule has 0 unspecified atom stereocenters. The second-order valence-corrected chi connectivity index (χ2v) is 6.55. The van der Waals surface area contributed by atoms with Gasteiger partial charge in [-0.2, -0.15) is 0 Å². The smallest absolute Gasteiger partial charge is 0.267 e. The molecule has 0 bridgehead atoms. The van der Waals surface area contributed by atoms with Crippen LogP contribution >= 0.6 is 22.9 Å². The Morgan fingerprint density at radius 1 is 1.35 bits per heavy atom. The van der Waals surface area contributed by atoms with Gasteiger partial charge in [0.25, 0.3) is 11.8 Å². The van der Waals surface area contributed by atoms with Crippen LogP contribution in [0.15, 0.2) is 18.3 Å². The molecule has 120 valence electrons. The lowest BCUT2D eigenvalue weighted by Crippen LogP contribution is -2.26. The topological polar surface area (TPSA) is 97.1 Å². The summed E-state index contributed by atoms with van der Waals surface area (Å²) in [5.41, 5.74) is 5.45. The lowest BCUT2D eigenvalue weighted by molar-refractivity contribution is 0.0945. The molecule has 1 aromatic heterocycles. The van der Waals surface area contributed by atoms with E-state index in [9.17, 15) is 14.0 Å². The van der Waals surface area contributed by atoms with Crippen LogP contribution in [0.1, 0.15) is 32.9 Å². The average Bonchev–Trinajstić information content (AvgIpc) is 3.19. The summed E-state index contributed by atoms with van der Waals surface area (Å²) in [4.78, 5) is 28.2. The van der Waals surface area contributed by atoms with Gasteiger partial charge in [-0.1, -0.05) is 22.9 Å². The van der Waals surface area contributed by atoms with Crippen molar-refractivity contribution < 1.29 is 14.0 Å². The van der Waals surface area contributed by atoms with Gasteiger partial charge in [-0.05, 0) is 25.0 Å². The number of aromatic nitrogens is 1. The molecule has 2 aromatic rings. The number of carbonyl (C=O) groups excluding carboxylic acids is 2. The van der Waals surface area contributed by atoms with Crippen molar-refractivity contribution in [3.63, 3.8) is 0 Å². The fourth-order valence-corrected chi connectivity index (χ4v) is 2.66. The van der Waals surface area contributed by atoms with Crippen molar-refractivity contribution in [3.8, 4) is 0 Å². The number of halogens is 2. The van der Waals surface area contributed by atoms with Gasteiger partial charge in [0.15, 0.2) is 5.13 Å². The van der Waals surface area contributed by atoms with Gasteiger partial charge < -0.3 is 16.4 Å². The number of nitrogens with two attached hydrogens (primary N) is 1. The van der Waals surface area contributed by atoms with Gasteiger partial charge in [-0.25, -0.2) is 9.37 Å². The zero-order chi connectivity index (χ0) is 16.6. The number of nitrogens with one attached hydrogen (secondary N) is 2. The van der Waals surface area contributed by atoms with E-state index >= 15 is 0 Å². The summed E-state index contributed by atoms with van der Waals surface area (Å²) in [6, 6.07) is 2.31. The molecule has 0 atom stereocenters. The van der Waals surface area contributed by atoms with Gasteiger partial charge in [0.05, 0.1) is 22.5 Å². The standard InChI is InChI=1S/C14H12ClFN4O2S/c15-8-4-9(16)7(12(21)19-6-1-2-6)3-10(8)20-13(22)11-5-18-14(17)23-11/h3-6H,1-2H2,(H2,17,18)(H,19,21)(H,20,22). The fourth-order valence-electron chi connectivity index (χ4n) is 1.89. The van der Waals surface area contributed by atoms with Crippen LogP contribution in [0, 0.1) is 5.82 Å². The summed E-state index contributed by atoms with van der Waals surface area (Å²) in [5, 5.41) is 5.47. The van der Waals surface area contributed by atoms with Crippen LogP contribution in [0.2, 0.25) is 5.02 Å². The number of amides is 2. The SMILES string of the molecule is Nc1ncc(C(=O)Nc2cc(C(=O)NC3CC3)c(F)cc2Cl)s1. The van der Waals surface area contributed by atoms with E-state index in [2.05, 4.69) is 15.6 Å². The van der Waals surface area contributed by atoms with Crippen LogP contribution in [0.4, 0.5) is 15.2 Å². The summed E-state index contributed by atoms with van der Waals surface area (Å²) < 4.78 is 13.9. The third kappa shape index (κ3) is 3.59. The Balaban J connectivity index is 1.83. The molecule has 0 spiro atoms. The minimum absolute atomic E-state index is 0.00342. The van der Waals surface area contributed by atoms with Crippen molar-refractivity contribution in [3.05, 3.63) is 39.6 Å². The maximum Gasteiger partial charge on any atom is 0.267 e. The molecular formula is C14H12ClFN4O2S. The first-order valence-corrected chi connectivity index (χ1v) is 7.96.